The Bertz CT molecular complexity index is 370. The van der Waals surface area contributed by atoms with Crippen molar-refractivity contribution < 1.29 is 14.3 Å². The molecule has 1 N–H and O–H groups in total. The number of nitrogens with one attached hydrogen (secondary N) is 1. The lowest BCUT2D eigenvalue weighted by atomic mass is 9.73. The van der Waals surface area contributed by atoms with Crippen molar-refractivity contribution in [2.24, 2.45) is 11.3 Å². The van der Waals surface area contributed by atoms with Crippen LogP contribution in [0.1, 0.15) is 44.9 Å². The van der Waals surface area contributed by atoms with Crippen molar-refractivity contribution in [3.8, 4) is 0 Å². The van der Waals surface area contributed by atoms with Crippen molar-refractivity contribution in [2.75, 3.05) is 52.6 Å². The molecule has 0 aromatic heterocycles. The summed E-state index contributed by atoms with van der Waals surface area (Å²) in [7, 11) is 0. The standard InChI is InChI=1S/C18H32N2O3/c21-17(16-5-4-10-23-13-16)19-14-18(6-2-1-3-7-18)15-20-8-11-22-12-9-20/h16H,1-15H2,(H,19,21). The summed E-state index contributed by atoms with van der Waals surface area (Å²) in [5.74, 6) is 0.268. The topological polar surface area (TPSA) is 50.8 Å². The van der Waals surface area contributed by atoms with Crippen LogP contribution in [0.2, 0.25) is 0 Å². The van der Waals surface area contributed by atoms with Crippen molar-refractivity contribution >= 4 is 5.91 Å². The fraction of sp³-hybridized carbons (Fsp3) is 0.944. The highest BCUT2D eigenvalue weighted by Gasteiger charge is 2.35. The highest BCUT2D eigenvalue weighted by Crippen LogP contribution is 2.37. The van der Waals surface area contributed by atoms with Gasteiger partial charge in [0, 0.05) is 38.2 Å². The minimum absolute atomic E-state index is 0.0628. The van der Waals surface area contributed by atoms with E-state index in [-0.39, 0.29) is 17.2 Å². The molecule has 3 fully saturated rings. The Balaban J connectivity index is 1.53. The molecule has 0 spiro atoms. The Morgan fingerprint density at radius 1 is 1.04 bits per heavy atom. The molecule has 23 heavy (non-hydrogen) atoms. The quantitative estimate of drug-likeness (QED) is 0.838. The summed E-state index contributed by atoms with van der Waals surface area (Å²) in [4.78, 5) is 15.0. The van der Waals surface area contributed by atoms with Crippen LogP contribution in [0, 0.1) is 11.3 Å². The lowest BCUT2D eigenvalue weighted by molar-refractivity contribution is -0.129. The van der Waals surface area contributed by atoms with E-state index in [4.69, 9.17) is 9.47 Å². The molecule has 1 amide bonds. The van der Waals surface area contributed by atoms with Gasteiger partial charge in [0.05, 0.1) is 25.7 Å². The largest absolute Gasteiger partial charge is 0.381 e. The smallest absolute Gasteiger partial charge is 0.225 e. The molecule has 2 aliphatic heterocycles. The van der Waals surface area contributed by atoms with E-state index in [1.54, 1.807) is 0 Å². The predicted octanol–water partition coefficient (Wildman–Crippen LogP) is 1.81. The molecule has 5 nitrogen and oxygen atoms in total. The molecule has 0 aromatic carbocycles. The number of carbonyl (C=O) groups is 1. The van der Waals surface area contributed by atoms with Gasteiger partial charge in [-0.15, -0.1) is 0 Å². The number of morpholine rings is 1. The van der Waals surface area contributed by atoms with E-state index >= 15 is 0 Å². The maximum Gasteiger partial charge on any atom is 0.225 e. The van der Waals surface area contributed by atoms with Gasteiger partial charge >= 0.3 is 0 Å². The van der Waals surface area contributed by atoms with Crippen molar-refractivity contribution in [3.05, 3.63) is 0 Å². The first-order valence-electron chi connectivity index (χ1n) is 9.43. The Hall–Kier alpha value is -0.650. The zero-order valence-corrected chi connectivity index (χ0v) is 14.4. The van der Waals surface area contributed by atoms with Gasteiger partial charge in [-0.05, 0) is 25.7 Å². The van der Waals surface area contributed by atoms with Crippen molar-refractivity contribution in [3.63, 3.8) is 0 Å². The molecule has 3 rings (SSSR count). The van der Waals surface area contributed by atoms with Crippen LogP contribution in [0.4, 0.5) is 0 Å². The van der Waals surface area contributed by atoms with Gasteiger partial charge in [0.2, 0.25) is 5.91 Å². The molecular formula is C18H32N2O3. The maximum absolute atomic E-state index is 12.5. The third-order valence-corrected chi connectivity index (χ3v) is 5.75. The fourth-order valence-electron chi connectivity index (χ4n) is 4.29. The average molecular weight is 324 g/mol. The lowest BCUT2D eigenvalue weighted by Crippen LogP contribution is -2.50. The van der Waals surface area contributed by atoms with Gasteiger partial charge in [-0.1, -0.05) is 19.3 Å². The van der Waals surface area contributed by atoms with Crippen LogP contribution in [0.25, 0.3) is 0 Å². The minimum atomic E-state index is 0.0628. The van der Waals surface area contributed by atoms with Gasteiger partial charge in [0.1, 0.15) is 0 Å². The van der Waals surface area contributed by atoms with Crippen LogP contribution in [-0.4, -0.2) is 63.4 Å². The second-order valence-electron chi connectivity index (χ2n) is 7.58. The fourth-order valence-corrected chi connectivity index (χ4v) is 4.29. The summed E-state index contributed by atoms with van der Waals surface area (Å²) in [5.41, 5.74) is 0.265. The molecule has 1 saturated carbocycles. The molecule has 1 atom stereocenters. The molecule has 1 unspecified atom stereocenters. The van der Waals surface area contributed by atoms with Crippen LogP contribution in [0.15, 0.2) is 0 Å². The Morgan fingerprint density at radius 3 is 2.52 bits per heavy atom. The Morgan fingerprint density at radius 2 is 1.83 bits per heavy atom. The third-order valence-electron chi connectivity index (χ3n) is 5.75. The number of carbonyl (C=O) groups excluding carboxylic acids is 1. The van der Waals surface area contributed by atoms with Crippen LogP contribution in [-0.2, 0) is 14.3 Å². The van der Waals surface area contributed by atoms with Gasteiger partial charge < -0.3 is 14.8 Å². The highest BCUT2D eigenvalue weighted by molar-refractivity contribution is 5.78. The van der Waals surface area contributed by atoms with Crippen molar-refractivity contribution in [1.29, 1.82) is 0 Å². The van der Waals surface area contributed by atoms with Crippen LogP contribution in [0.5, 0.6) is 0 Å². The number of hydrogen-bond donors (Lipinski definition) is 1. The van der Waals surface area contributed by atoms with Crippen molar-refractivity contribution in [2.45, 2.75) is 44.9 Å². The Labute approximate surface area is 140 Å². The number of nitrogens with zero attached hydrogens (tertiary/aromatic N) is 1. The first-order valence-corrected chi connectivity index (χ1v) is 9.43. The first-order chi connectivity index (χ1) is 11.3. The van der Waals surface area contributed by atoms with E-state index in [0.717, 1.165) is 58.8 Å². The second-order valence-corrected chi connectivity index (χ2v) is 7.58. The van der Waals surface area contributed by atoms with Crippen molar-refractivity contribution in [1.82, 2.24) is 10.2 Å². The molecule has 3 aliphatic rings. The molecule has 2 saturated heterocycles. The van der Waals surface area contributed by atoms with Crippen LogP contribution in [0.3, 0.4) is 0 Å². The summed E-state index contributed by atoms with van der Waals surface area (Å²) in [6, 6.07) is 0. The number of hydrogen-bond acceptors (Lipinski definition) is 4. The molecule has 0 aromatic rings. The van der Waals surface area contributed by atoms with Gasteiger partial charge in [0.15, 0.2) is 0 Å². The molecule has 0 radical (unpaired) electrons. The van der Waals surface area contributed by atoms with Gasteiger partial charge in [-0.3, -0.25) is 9.69 Å². The summed E-state index contributed by atoms with van der Waals surface area (Å²) in [6.07, 6.45) is 8.41. The van der Waals surface area contributed by atoms with E-state index in [9.17, 15) is 4.79 Å². The summed E-state index contributed by atoms with van der Waals surface area (Å²) in [5, 5.41) is 3.28. The predicted molar refractivity (Wildman–Crippen MR) is 89.3 cm³/mol. The zero-order valence-electron chi connectivity index (χ0n) is 14.4. The van der Waals surface area contributed by atoms with Crippen LogP contribution >= 0.6 is 0 Å². The second kappa shape index (κ2) is 8.45. The highest BCUT2D eigenvalue weighted by atomic mass is 16.5. The average Bonchev–Trinajstić information content (AvgIpc) is 2.62. The molecule has 5 heteroatoms. The maximum atomic E-state index is 12.5. The molecule has 0 bridgehead atoms. The SMILES string of the molecule is O=C(NCC1(CN2CCOCC2)CCCCC1)C1CCCOC1. The molecule has 132 valence electrons. The van der Waals surface area contributed by atoms with E-state index in [1.165, 1.54) is 32.1 Å². The molecule has 1 aliphatic carbocycles. The van der Waals surface area contributed by atoms with Gasteiger partial charge in [-0.2, -0.15) is 0 Å². The summed E-state index contributed by atoms with van der Waals surface area (Å²) in [6.45, 7) is 7.12. The number of amides is 1. The van der Waals surface area contributed by atoms with E-state index in [2.05, 4.69) is 10.2 Å². The van der Waals surface area contributed by atoms with E-state index in [1.807, 2.05) is 0 Å². The third kappa shape index (κ3) is 4.91. The van der Waals surface area contributed by atoms with Crippen LogP contribution < -0.4 is 5.32 Å². The monoisotopic (exact) mass is 324 g/mol. The molecular weight excluding hydrogens is 292 g/mol. The van der Waals surface area contributed by atoms with Gasteiger partial charge in [0.25, 0.3) is 0 Å². The Kier molecular flexibility index (Phi) is 6.31. The molecule has 2 heterocycles. The zero-order chi connectivity index (χ0) is 16.0. The first kappa shape index (κ1) is 17.2. The normalized spacial score (nSPS) is 29.1. The van der Waals surface area contributed by atoms with E-state index < -0.39 is 0 Å². The van der Waals surface area contributed by atoms with Gasteiger partial charge in [-0.25, -0.2) is 0 Å². The summed E-state index contributed by atoms with van der Waals surface area (Å²) < 4.78 is 10.9. The summed E-state index contributed by atoms with van der Waals surface area (Å²) >= 11 is 0. The number of ether oxygens (including phenoxy) is 2. The van der Waals surface area contributed by atoms with E-state index in [0.29, 0.717) is 6.61 Å². The lowest BCUT2D eigenvalue weighted by Gasteiger charge is -2.42. The number of rotatable bonds is 5. The minimum Gasteiger partial charge on any atom is -0.381 e.